The highest BCUT2D eigenvalue weighted by Gasteiger charge is 2.23. The maximum Gasteiger partial charge on any atom is 0.410 e. The number of aliphatic hydroxyl groups is 1. The Morgan fingerprint density at radius 3 is 2.37 bits per heavy atom. The Hall–Kier alpha value is -4.75. The fourth-order valence-electron chi connectivity index (χ4n) is 6.07. The highest BCUT2D eigenvalue weighted by atomic mass is 16.6. The molecule has 2 N–H and O–H groups in total. The van der Waals surface area contributed by atoms with E-state index in [1.54, 1.807) is 54.8 Å². The Bertz CT molecular complexity index is 1850. The SMILES string of the molecule is C=CCn1c(=O)c2cnc(Nc3ccc(N4CCN(CCCCCCN(C)C(=O)OC(C)(C)C)CC4)cc3)nc2n1-c1cccc(C(C)(C)O)n1. The Balaban J connectivity index is 1.14. The second-order valence-corrected chi connectivity index (χ2v) is 14.7. The molecular formula is C38H53N9O4. The summed E-state index contributed by atoms with van der Waals surface area (Å²) in [5.74, 6) is 0.805. The summed E-state index contributed by atoms with van der Waals surface area (Å²) in [6.07, 6.45) is 7.30. The number of allylic oxidation sites excluding steroid dienone is 1. The topological polar surface area (TPSA) is 134 Å². The molecule has 1 aliphatic heterocycles. The van der Waals surface area contributed by atoms with Crippen molar-refractivity contribution >= 4 is 34.4 Å². The Kier molecular flexibility index (Phi) is 11.8. The molecule has 0 unspecified atom stereocenters. The Labute approximate surface area is 300 Å². The van der Waals surface area contributed by atoms with Gasteiger partial charge in [0, 0.05) is 57.3 Å². The van der Waals surface area contributed by atoms with Gasteiger partial charge < -0.3 is 25.0 Å². The summed E-state index contributed by atoms with van der Waals surface area (Å²) in [6, 6.07) is 13.6. The van der Waals surface area contributed by atoms with Crippen molar-refractivity contribution < 1.29 is 14.6 Å². The number of nitrogens with one attached hydrogen (secondary N) is 1. The summed E-state index contributed by atoms with van der Waals surface area (Å²) in [5, 5.41) is 14.2. The number of carbonyl (C=O) groups is 1. The van der Waals surface area contributed by atoms with E-state index in [0.29, 0.717) is 35.0 Å². The number of hydrogen-bond donors (Lipinski definition) is 2. The number of carbonyl (C=O) groups excluding carboxylic acids is 1. The molecule has 0 radical (unpaired) electrons. The van der Waals surface area contributed by atoms with Crippen LogP contribution in [0.3, 0.4) is 0 Å². The summed E-state index contributed by atoms with van der Waals surface area (Å²) < 4.78 is 8.59. The smallest absolute Gasteiger partial charge is 0.410 e. The van der Waals surface area contributed by atoms with Gasteiger partial charge in [-0.1, -0.05) is 25.0 Å². The van der Waals surface area contributed by atoms with Crippen LogP contribution in [0.2, 0.25) is 0 Å². The number of fused-ring (bicyclic) bond motifs is 1. The van der Waals surface area contributed by atoms with Crippen molar-refractivity contribution in [3.8, 4) is 5.82 Å². The van der Waals surface area contributed by atoms with Gasteiger partial charge in [0.15, 0.2) is 11.5 Å². The first-order valence-electron chi connectivity index (χ1n) is 17.8. The number of nitrogens with zero attached hydrogens (tertiary/aromatic N) is 8. The number of pyridine rings is 1. The maximum absolute atomic E-state index is 13.3. The number of amides is 1. The molecule has 0 bridgehead atoms. The minimum Gasteiger partial charge on any atom is -0.444 e. The van der Waals surface area contributed by atoms with Crippen LogP contribution < -0.4 is 15.8 Å². The highest BCUT2D eigenvalue weighted by Crippen LogP contribution is 2.24. The lowest BCUT2D eigenvalue weighted by Gasteiger charge is -2.36. The van der Waals surface area contributed by atoms with Gasteiger partial charge in [-0.05, 0) is 90.4 Å². The molecular weight excluding hydrogens is 646 g/mol. The number of aromatic nitrogens is 5. The lowest BCUT2D eigenvalue weighted by atomic mass is 10.1. The fourth-order valence-corrected chi connectivity index (χ4v) is 6.07. The predicted octanol–water partition coefficient (Wildman–Crippen LogP) is 5.68. The fraction of sp³-hybridized carbons (Fsp3) is 0.500. The number of benzene rings is 1. The predicted molar refractivity (Wildman–Crippen MR) is 202 cm³/mol. The van der Waals surface area contributed by atoms with Crippen LogP contribution in [0.15, 0.2) is 66.1 Å². The van der Waals surface area contributed by atoms with Gasteiger partial charge in [-0.15, -0.1) is 6.58 Å². The van der Waals surface area contributed by atoms with Crippen LogP contribution >= 0.6 is 0 Å². The quantitative estimate of drug-likeness (QED) is 0.125. The molecule has 0 aliphatic carbocycles. The first-order chi connectivity index (χ1) is 24.2. The molecule has 1 fully saturated rings. The van der Waals surface area contributed by atoms with E-state index >= 15 is 0 Å². The van der Waals surface area contributed by atoms with Crippen molar-refractivity contribution in [2.24, 2.45) is 0 Å². The van der Waals surface area contributed by atoms with E-state index in [9.17, 15) is 14.7 Å². The zero-order valence-corrected chi connectivity index (χ0v) is 30.9. The van der Waals surface area contributed by atoms with Crippen LogP contribution in [0, 0.1) is 0 Å². The van der Waals surface area contributed by atoms with Crippen molar-refractivity contribution in [3.63, 3.8) is 0 Å². The largest absolute Gasteiger partial charge is 0.444 e. The van der Waals surface area contributed by atoms with Gasteiger partial charge in [0.2, 0.25) is 5.95 Å². The molecule has 0 saturated carbocycles. The maximum atomic E-state index is 13.3. The van der Waals surface area contributed by atoms with Crippen LogP contribution in [0.5, 0.6) is 0 Å². The average molecular weight is 700 g/mol. The first-order valence-corrected chi connectivity index (χ1v) is 17.8. The second kappa shape index (κ2) is 16.1. The van der Waals surface area contributed by atoms with Crippen molar-refractivity contribution in [2.75, 3.05) is 56.5 Å². The third-order valence-corrected chi connectivity index (χ3v) is 8.84. The third kappa shape index (κ3) is 9.73. The average Bonchev–Trinajstić information content (AvgIpc) is 3.36. The van der Waals surface area contributed by atoms with Gasteiger partial charge in [0.25, 0.3) is 5.56 Å². The van der Waals surface area contributed by atoms with Crippen LogP contribution in [-0.2, 0) is 16.9 Å². The van der Waals surface area contributed by atoms with E-state index in [0.717, 1.165) is 64.1 Å². The zero-order chi connectivity index (χ0) is 36.8. The molecule has 1 amide bonds. The number of unbranched alkanes of at least 4 members (excludes halogenated alkanes) is 3. The molecule has 0 spiro atoms. The van der Waals surface area contributed by atoms with Gasteiger partial charge in [-0.25, -0.2) is 24.1 Å². The highest BCUT2D eigenvalue weighted by molar-refractivity contribution is 5.77. The zero-order valence-electron chi connectivity index (χ0n) is 30.9. The Morgan fingerprint density at radius 2 is 1.71 bits per heavy atom. The molecule has 13 heteroatoms. The molecule has 13 nitrogen and oxygen atoms in total. The number of hydrogen-bond acceptors (Lipinski definition) is 10. The van der Waals surface area contributed by atoms with E-state index in [2.05, 4.69) is 43.8 Å². The molecule has 1 saturated heterocycles. The number of rotatable bonds is 14. The molecule has 3 aromatic heterocycles. The van der Waals surface area contributed by atoms with E-state index in [1.807, 2.05) is 32.9 Å². The molecule has 1 aromatic carbocycles. The molecule has 5 rings (SSSR count). The van der Waals surface area contributed by atoms with Gasteiger partial charge in [0.1, 0.15) is 16.6 Å². The second-order valence-electron chi connectivity index (χ2n) is 14.7. The first kappa shape index (κ1) is 37.5. The van der Waals surface area contributed by atoms with Crippen LogP contribution in [0.1, 0.15) is 66.0 Å². The van der Waals surface area contributed by atoms with Crippen LogP contribution in [-0.4, -0.2) is 97.2 Å². The number of ether oxygens (including phenoxy) is 1. The molecule has 274 valence electrons. The van der Waals surface area contributed by atoms with Crippen molar-refractivity contribution in [3.05, 3.63) is 77.4 Å². The van der Waals surface area contributed by atoms with E-state index in [-0.39, 0.29) is 18.2 Å². The van der Waals surface area contributed by atoms with E-state index in [4.69, 9.17) is 9.72 Å². The summed E-state index contributed by atoms with van der Waals surface area (Å²) in [6.45, 7) is 18.9. The van der Waals surface area contributed by atoms with Crippen molar-refractivity contribution in [1.82, 2.24) is 34.1 Å². The summed E-state index contributed by atoms with van der Waals surface area (Å²) in [4.78, 5) is 45.9. The van der Waals surface area contributed by atoms with Crippen LogP contribution in [0.4, 0.5) is 22.1 Å². The molecule has 1 aliphatic rings. The van der Waals surface area contributed by atoms with Gasteiger partial charge in [-0.2, -0.15) is 4.98 Å². The molecule has 0 atom stereocenters. The van der Waals surface area contributed by atoms with Crippen molar-refractivity contribution in [2.45, 2.75) is 78.0 Å². The van der Waals surface area contributed by atoms with E-state index < -0.39 is 11.2 Å². The van der Waals surface area contributed by atoms with Crippen LogP contribution in [0.25, 0.3) is 16.9 Å². The lowest BCUT2D eigenvalue weighted by molar-refractivity contribution is 0.0296. The minimum atomic E-state index is -1.16. The lowest BCUT2D eigenvalue weighted by Crippen LogP contribution is -2.46. The normalized spacial score (nSPS) is 14.1. The summed E-state index contributed by atoms with van der Waals surface area (Å²) in [7, 11) is 1.80. The standard InChI is InChI=1S/C38H53N9O4/c1-8-20-46-34(48)30-27-39-35(42-33(30)47(46)32-15-13-14-31(41-32)38(5,6)50)40-28-16-18-29(19-17-28)45-25-23-44(24-26-45)22-12-10-9-11-21-43(7)36(49)51-37(2,3)4/h8,13-19,27,50H,1,9-12,20-26H2,2-7H3,(H,39,40,42). The molecule has 4 heterocycles. The van der Waals surface area contributed by atoms with Gasteiger partial charge in [-0.3, -0.25) is 9.69 Å². The summed E-state index contributed by atoms with van der Waals surface area (Å²) in [5.41, 5.74) is 0.993. The third-order valence-electron chi connectivity index (χ3n) is 8.84. The van der Waals surface area contributed by atoms with Crippen molar-refractivity contribution in [1.29, 1.82) is 0 Å². The monoisotopic (exact) mass is 699 g/mol. The van der Waals surface area contributed by atoms with Gasteiger partial charge in [0.05, 0.1) is 12.2 Å². The number of anilines is 3. The molecule has 4 aromatic rings. The summed E-state index contributed by atoms with van der Waals surface area (Å²) >= 11 is 0. The molecule has 51 heavy (non-hydrogen) atoms. The number of piperazine rings is 1. The van der Waals surface area contributed by atoms with Gasteiger partial charge >= 0.3 is 6.09 Å². The minimum absolute atomic E-state index is 0.249. The Morgan fingerprint density at radius 1 is 1.00 bits per heavy atom. The van der Waals surface area contributed by atoms with E-state index in [1.165, 1.54) is 16.6 Å².